The van der Waals surface area contributed by atoms with Crippen LogP contribution in [0.4, 0.5) is 0 Å². The Balaban J connectivity index is 2.43. The first-order chi connectivity index (χ1) is 9.65. The number of allylic oxidation sites excluding steroid dienone is 4. The van der Waals surface area contributed by atoms with Crippen LogP contribution in [0.5, 0.6) is 0 Å². The molecule has 0 aliphatic heterocycles. The van der Waals surface area contributed by atoms with Gasteiger partial charge in [0.2, 0.25) is 0 Å². The Morgan fingerprint density at radius 2 is 1.52 bits per heavy atom. The van der Waals surface area contributed by atoms with Crippen LogP contribution in [-0.2, 0) is 0 Å². The fraction of sp³-hybridized carbons (Fsp3) is 0.500. The van der Waals surface area contributed by atoms with E-state index in [2.05, 4.69) is 78.8 Å². The summed E-state index contributed by atoms with van der Waals surface area (Å²) in [7, 11) is -0.375. The molecule has 0 N–H and O–H groups in total. The van der Waals surface area contributed by atoms with Crippen molar-refractivity contribution >= 4 is 14.7 Å². The van der Waals surface area contributed by atoms with Gasteiger partial charge in [-0.3, -0.25) is 0 Å². The van der Waals surface area contributed by atoms with Crippen molar-refractivity contribution in [3.63, 3.8) is 0 Å². The van der Waals surface area contributed by atoms with Crippen molar-refractivity contribution in [3.05, 3.63) is 52.6 Å². The van der Waals surface area contributed by atoms with Crippen molar-refractivity contribution < 1.29 is 0 Å². The van der Waals surface area contributed by atoms with Gasteiger partial charge in [0.1, 0.15) is 0 Å². The molecule has 1 aliphatic carbocycles. The van der Waals surface area contributed by atoms with Gasteiger partial charge in [-0.25, -0.2) is 0 Å². The van der Waals surface area contributed by atoms with Crippen LogP contribution in [0.2, 0.25) is 5.04 Å². The van der Waals surface area contributed by atoms with Crippen molar-refractivity contribution in [3.8, 4) is 0 Å². The molecule has 1 aliphatic rings. The third kappa shape index (κ3) is 3.23. The van der Waals surface area contributed by atoms with Gasteiger partial charge in [0.05, 0.1) is 9.52 Å². The van der Waals surface area contributed by atoms with E-state index in [0.29, 0.717) is 10.5 Å². The van der Waals surface area contributed by atoms with Crippen LogP contribution in [0.1, 0.15) is 54.9 Å². The van der Waals surface area contributed by atoms with E-state index in [-0.39, 0.29) is 9.52 Å². The summed E-state index contributed by atoms with van der Waals surface area (Å²) in [5, 5.41) is 1.90. The Bertz CT molecular complexity index is 584. The highest BCUT2D eigenvalue weighted by molar-refractivity contribution is 6.58. The van der Waals surface area contributed by atoms with Crippen LogP contribution in [0.3, 0.4) is 0 Å². The molecule has 0 bridgehead atoms. The molecular formula is C20H30Si. The van der Waals surface area contributed by atoms with Gasteiger partial charge in [0.25, 0.3) is 0 Å². The summed E-state index contributed by atoms with van der Waals surface area (Å²) in [6.45, 7) is 16.6. The van der Waals surface area contributed by atoms with Crippen LogP contribution in [0, 0.1) is 5.41 Å². The molecule has 0 heterocycles. The summed E-state index contributed by atoms with van der Waals surface area (Å²) in [4.78, 5) is 0. The van der Waals surface area contributed by atoms with Gasteiger partial charge < -0.3 is 0 Å². The fourth-order valence-corrected chi connectivity index (χ4v) is 6.12. The highest BCUT2D eigenvalue weighted by atomic mass is 28.2. The number of benzene rings is 1. The molecule has 0 amide bonds. The quantitative estimate of drug-likeness (QED) is 0.706. The molecule has 0 nitrogen and oxygen atoms in total. The lowest BCUT2D eigenvalue weighted by Gasteiger charge is -2.34. The molecule has 1 unspecified atom stereocenters. The number of hydrogen-bond donors (Lipinski definition) is 0. The smallest absolute Gasteiger partial charge is 0.0656 e. The minimum atomic E-state index is -0.375. The predicted octanol–water partition coefficient (Wildman–Crippen LogP) is 4.76. The molecule has 1 atom stereocenters. The van der Waals surface area contributed by atoms with E-state index in [1.165, 1.54) is 6.42 Å². The SMILES string of the molecule is CC1=C(C)C(C)([SiH2]c2ccccc2)C(CC(C)(C)C)=C1C. The second kappa shape index (κ2) is 5.60. The molecule has 1 heteroatoms. The van der Waals surface area contributed by atoms with Crippen molar-refractivity contribution in [1.82, 2.24) is 0 Å². The zero-order valence-corrected chi connectivity index (χ0v) is 16.2. The summed E-state index contributed by atoms with van der Waals surface area (Å²) in [5.41, 5.74) is 6.79. The monoisotopic (exact) mass is 298 g/mol. The van der Waals surface area contributed by atoms with Gasteiger partial charge in [-0.2, -0.15) is 0 Å². The second-order valence-electron chi connectivity index (χ2n) is 8.09. The molecule has 0 saturated heterocycles. The Hall–Kier alpha value is -1.08. The van der Waals surface area contributed by atoms with Crippen LogP contribution >= 0.6 is 0 Å². The first-order valence-corrected chi connectivity index (χ1v) is 9.49. The van der Waals surface area contributed by atoms with Crippen molar-refractivity contribution in [2.45, 2.75) is 59.9 Å². The maximum Gasteiger partial charge on any atom is 0.0705 e. The molecule has 0 fully saturated rings. The summed E-state index contributed by atoms with van der Waals surface area (Å²) >= 11 is 0. The van der Waals surface area contributed by atoms with E-state index in [1.807, 2.05) is 0 Å². The molecule has 21 heavy (non-hydrogen) atoms. The second-order valence-corrected chi connectivity index (χ2v) is 10.7. The van der Waals surface area contributed by atoms with E-state index in [4.69, 9.17) is 0 Å². The zero-order valence-electron chi connectivity index (χ0n) is 14.8. The van der Waals surface area contributed by atoms with Crippen molar-refractivity contribution in [2.24, 2.45) is 5.41 Å². The topological polar surface area (TPSA) is 0 Å². The van der Waals surface area contributed by atoms with E-state index < -0.39 is 0 Å². The van der Waals surface area contributed by atoms with Crippen LogP contribution in [0.25, 0.3) is 0 Å². The Kier molecular flexibility index (Phi) is 4.35. The maximum atomic E-state index is 2.50. The van der Waals surface area contributed by atoms with E-state index in [9.17, 15) is 0 Å². The van der Waals surface area contributed by atoms with Gasteiger partial charge >= 0.3 is 0 Å². The minimum Gasteiger partial charge on any atom is -0.0656 e. The highest BCUT2D eigenvalue weighted by Crippen LogP contribution is 2.54. The molecule has 0 aromatic heterocycles. The van der Waals surface area contributed by atoms with E-state index in [1.54, 1.807) is 27.5 Å². The fourth-order valence-electron chi connectivity index (χ4n) is 3.66. The molecular weight excluding hydrogens is 268 g/mol. The van der Waals surface area contributed by atoms with E-state index >= 15 is 0 Å². The molecule has 0 saturated carbocycles. The maximum absolute atomic E-state index is 2.50. The number of hydrogen-bond acceptors (Lipinski definition) is 0. The average Bonchev–Trinajstić information content (AvgIpc) is 2.55. The summed E-state index contributed by atoms with van der Waals surface area (Å²) < 4.78 is 0. The lowest BCUT2D eigenvalue weighted by Crippen LogP contribution is -2.30. The summed E-state index contributed by atoms with van der Waals surface area (Å²) in [6, 6.07) is 11.1. The first kappa shape index (κ1) is 16.3. The summed E-state index contributed by atoms with van der Waals surface area (Å²) in [6.07, 6.45) is 1.21. The molecule has 1 aromatic carbocycles. The van der Waals surface area contributed by atoms with Crippen molar-refractivity contribution in [2.75, 3.05) is 0 Å². The highest BCUT2D eigenvalue weighted by Gasteiger charge is 2.39. The molecule has 0 radical (unpaired) electrons. The van der Waals surface area contributed by atoms with Crippen LogP contribution in [0.15, 0.2) is 52.6 Å². The molecule has 114 valence electrons. The Morgan fingerprint density at radius 1 is 0.952 bits per heavy atom. The average molecular weight is 299 g/mol. The van der Waals surface area contributed by atoms with Gasteiger partial charge in [-0.05, 0) is 43.8 Å². The largest absolute Gasteiger partial charge is 0.0705 e. The lowest BCUT2D eigenvalue weighted by molar-refractivity contribution is 0.398. The van der Waals surface area contributed by atoms with Crippen LogP contribution < -0.4 is 5.19 Å². The number of rotatable bonds is 3. The molecule has 1 aromatic rings. The van der Waals surface area contributed by atoms with Gasteiger partial charge in [0, 0.05) is 5.04 Å². The first-order valence-electron chi connectivity index (χ1n) is 8.07. The van der Waals surface area contributed by atoms with Crippen molar-refractivity contribution in [1.29, 1.82) is 0 Å². The standard InChI is InChI=1S/C20H30Si/c1-14-15(2)18(13-19(4,5)6)20(7,16(14)3)21-17-11-9-8-10-12-17/h8-12H,13,21H2,1-7H3. The Morgan fingerprint density at radius 3 is 2.05 bits per heavy atom. The minimum absolute atomic E-state index is 0.322. The van der Waals surface area contributed by atoms with Crippen LogP contribution in [-0.4, -0.2) is 9.52 Å². The molecule has 0 spiro atoms. The predicted molar refractivity (Wildman–Crippen MR) is 98.1 cm³/mol. The lowest BCUT2D eigenvalue weighted by atomic mass is 9.82. The van der Waals surface area contributed by atoms with Gasteiger partial charge in [0.15, 0.2) is 0 Å². The third-order valence-electron chi connectivity index (χ3n) is 5.18. The normalized spacial score (nSPS) is 23.8. The third-order valence-corrected chi connectivity index (χ3v) is 7.72. The molecule has 2 rings (SSSR count). The zero-order chi connectivity index (χ0) is 15.8. The van der Waals surface area contributed by atoms with E-state index in [0.717, 1.165) is 0 Å². The van der Waals surface area contributed by atoms with Gasteiger partial charge in [-0.15, -0.1) is 0 Å². The summed E-state index contributed by atoms with van der Waals surface area (Å²) in [5.74, 6) is 0. The van der Waals surface area contributed by atoms with Gasteiger partial charge in [-0.1, -0.05) is 74.4 Å². The Labute approximate surface area is 133 Å².